The Balaban J connectivity index is 3.10. The van der Waals surface area contributed by atoms with E-state index in [2.05, 4.69) is 0 Å². The summed E-state index contributed by atoms with van der Waals surface area (Å²) in [4.78, 5) is 15.5. The van der Waals surface area contributed by atoms with Crippen LogP contribution in [0.2, 0.25) is 0 Å². The van der Waals surface area contributed by atoms with E-state index in [1.54, 1.807) is 5.06 Å². The Kier molecular flexibility index (Phi) is 8.00. The third-order valence-corrected chi connectivity index (χ3v) is 4.37. The Hall–Kier alpha value is -0.550. The number of hydrogen-bond donors (Lipinski definition) is 1. The van der Waals surface area contributed by atoms with Gasteiger partial charge in [-0.2, -0.15) is 0 Å². The molecule has 1 rings (SSSR count). The lowest BCUT2D eigenvalue weighted by Crippen LogP contribution is -2.53. The van der Waals surface area contributed by atoms with E-state index in [1.165, 1.54) is 0 Å². The molecule has 0 saturated carbocycles. The lowest BCUT2D eigenvalue weighted by atomic mass is 9.92. The molecule has 0 amide bonds. The predicted molar refractivity (Wildman–Crippen MR) is 101 cm³/mol. The molecule has 1 aromatic rings. The lowest BCUT2D eigenvalue weighted by molar-refractivity contribution is -0.316. The molecule has 3 atom stereocenters. The summed E-state index contributed by atoms with van der Waals surface area (Å²) in [6.45, 7) is 13.7. The Labute approximate surface area is 157 Å². The summed E-state index contributed by atoms with van der Waals surface area (Å²) >= 11 is 5.84. The van der Waals surface area contributed by atoms with Crippen molar-refractivity contribution in [1.82, 2.24) is 5.06 Å². The third kappa shape index (κ3) is 6.93. The van der Waals surface area contributed by atoms with Gasteiger partial charge in [-0.05, 0) is 38.8 Å². The summed E-state index contributed by atoms with van der Waals surface area (Å²) in [6.07, 6.45) is -0.945. The summed E-state index contributed by atoms with van der Waals surface area (Å²) in [5.41, 5.74) is 1.17. The van der Waals surface area contributed by atoms with Gasteiger partial charge in [0.2, 0.25) is 0 Å². The predicted octanol–water partition coefficient (Wildman–Crippen LogP) is 5.56. The molecular formula is C18H30ClNO4P+. The smallest absolute Gasteiger partial charge is 0.288 e. The molecule has 5 nitrogen and oxygen atoms in total. The quantitative estimate of drug-likeness (QED) is 0.286. The van der Waals surface area contributed by atoms with Gasteiger partial charge >= 0.3 is 8.25 Å². The molecule has 0 fully saturated rings. The minimum absolute atomic E-state index is 0.256. The van der Waals surface area contributed by atoms with Crippen LogP contribution in [0.3, 0.4) is 0 Å². The monoisotopic (exact) mass is 390 g/mol. The minimum Gasteiger partial charge on any atom is -0.288 e. The van der Waals surface area contributed by atoms with Crippen LogP contribution in [0.1, 0.15) is 65.7 Å². The maximum absolute atomic E-state index is 11.3. The van der Waals surface area contributed by atoms with Crippen molar-refractivity contribution < 1.29 is 18.8 Å². The van der Waals surface area contributed by atoms with Gasteiger partial charge in [0.15, 0.2) is 6.23 Å². The first-order valence-corrected chi connectivity index (χ1v) is 9.96. The van der Waals surface area contributed by atoms with Gasteiger partial charge in [-0.3, -0.25) is 4.84 Å². The molecule has 7 heteroatoms. The second-order valence-corrected chi connectivity index (χ2v) is 9.13. The largest absolute Gasteiger partial charge is 0.696 e. The van der Waals surface area contributed by atoms with Crippen molar-refractivity contribution in [2.45, 2.75) is 72.2 Å². The van der Waals surface area contributed by atoms with Gasteiger partial charge in [-0.25, -0.2) is 0 Å². The number of rotatable bonds is 7. The third-order valence-electron chi connectivity index (χ3n) is 3.68. The van der Waals surface area contributed by atoms with E-state index >= 15 is 0 Å². The van der Waals surface area contributed by atoms with Crippen LogP contribution in [0.25, 0.3) is 0 Å². The summed E-state index contributed by atoms with van der Waals surface area (Å²) in [5, 5.41) is 1.68. The van der Waals surface area contributed by atoms with Crippen molar-refractivity contribution in [3.63, 3.8) is 0 Å². The average molecular weight is 391 g/mol. The Morgan fingerprint density at radius 1 is 1.16 bits per heavy atom. The van der Waals surface area contributed by atoms with Gasteiger partial charge in [0, 0.05) is 21.4 Å². The molecule has 1 N–H and O–H groups in total. The second kappa shape index (κ2) is 8.90. The molecule has 0 heterocycles. The zero-order valence-electron chi connectivity index (χ0n) is 16.1. The van der Waals surface area contributed by atoms with E-state index in [-0.39, 0.29) is 6.10 Å². The fourth-order valence-corrected chi connectivity index (χ4v) is 3.06. The van der Waals surface area contributed by atoms with E-state index in [1.807, 2.05) is 72.7 Å². The Bertz CT molecular complexity index is 566. The molecular weight excluding hydrogens is 361 g/mol. The van der Waals surface area contributed by atoms with Crippen molar-refractivity contribution in [3.8, 4) is 0 Å². The van der Waals surface area contributed by atoms with Gasteiger partial charge in [-0.1, -0.05) is 49.6 Å². The number of benzene rings is 1. The fourth-order valence-electron chi connectivity index (χ4n) is 2.31. The number of halogens is 1. The summed E-state index contributed by atoms with van der Waals surface area (Å²) < 4.78 is 16.7. The zero-order valence-corrected chi connectivity index (χ0v) is 17.8. The Morgan fingerprint density at radius 3 is 2.04 bits per heavy atom. The maximum atomic E-state index is 11.3. The second-order valence-electron chi connectivity index (χ2n) is 8.18. The van der Waals surface area contributed by atoms with Gasteiger partial charge in [0.05, 0.1) is 0 Å². The lowest BCUT2D eigenvalue weighted by Gasteiger charge is -2.43. The van der Waals surface area contributed by atoms with Gasteiger partial charge in [0.1, 0.15) is 6.10 Å². The van der Waals surface area contributed by atoms with Crippen molar-refractivity contribution in [3.05, 3.63) is 35.4 Å². The van der Waals surface area contributed by atoms with E-state index < -0.39 is 25.4 Å². The van der Waals surface area contributed by atoms with E-state index in [9.17, 15) is 9.46 Å². The molecule has 3 unspecified atom stereocenters. The number of alkyl halides is 1. The fraction of sp³-hybridized carbons (Fsp3) is 0.667. The number of hydrogen-bond acceptors (Lipinski definition) is 4. The van der Waals surface area contributed by atoms with Gasteiger partial charge in [0.25, 0.3) is 0 Å². The molecule has 0 aliphatic carbocycles. The summed E-state index contributed by atoms with van der Waals surface area (Å²) in [6, 6.07) is 7.88. The van der Waals surface area contributed by atoms with Crippen LogP contribution in [-0.4, -0.2) is 21.7 Å². The zero-order chi connectivity index (χ0) is 19.4. The van der Waals surface area contributed by atoms with Crippen LogP contribution >= 0.6 is 19.9 Å². The molecule has 0 radical (unpaired) electrons. The highest BCUT2D eigenvalue weighted by Crippen LogP contribution is 2.38. The molecule has 25 heavy (non-hydrogen) atoms. The highest BCUT2D eigenvalue weighted by molar-refractivity contribution is 7.32. The first kappa shape index (κ1) is 22.5. The average Bonchev–Trinajstić information content (AvgIpc) is 2.48. The van der Waals surface area contributed by atoms with Gasteiger partial charge in [-0.15, -0.1) is 21.6 Å². The topological polar surface area (TPSA) is 59.0 Å². The van der Waals surface area contributed by atoms with Crippen molar-refractivity contribution >= 4 is 19.9 Å². The highest BCUT2D eigenvalue weighted by atomic mass is 35.5. The first-order chi connectivity index (χ1) is 11.4. The minimum atomic E-state index is -2.76. The SMILES string of the molecule is CC(ON(C(O[P+](=O)O)C(C)(C)C)C(C)(C)C)c1ccc(CCl)cc1. The molecule has 0 aromatic heterocycles. The van der Waals surface area contributed by atoms with Crippen LogP contribution < -0.4 is 0 Å². The van der Waals surface area contributed by atoms with Crippen molar-refractivity contribution in [2.24, 2.45) is 5.41 Å². The highest BCUT2D eigenvalue weighted by Gasteiger charge is 2.44. The molecule has 0 spiro atoms. The molecule has 1 aromatic carbocycles. The van der Waals surface area contributed by atoms with Crippen LogP contribution in [-0.2, 0) is 19.8 Å². The Morgan fingerprint density at radius 2 is 1.68 bits per heavy atom. The number of hydroxylamine groups is 2. The standard InChI is InChI=1S/C18H29ClNO4P/c1-13(15-10-8-14(12-19)9-11-15)23-20(18(5,6)7)16(17(2,3)4)24-25(21)22/h8-11,13,16H,12H2,1-7H3/p+1. The van der Waals surface area contributed by atoms with Crippen molar-refractivity contribution in [1.29, 1.82) is 0 Å². The normalized spacial score (nSPS) is 16.0. The van der Waals surface area contributed by atoms with Crippen LogP contribution in [0.15, 0.2) is 24.3 Å². The molecule has 0 aliphatic rings. The molecule has 142 valence electrons. The number of nitrogens with zero attached hydrogens (tertiary/aromatic N) is 1. The molecule has 0 saturated heterocycles. The van der Waals surface area contributed by atoms with E-state index in [4.69, 9.17) is 21.0 Å². The van der Waals surface area contributed by atoms with Crippen LogP contribution in [0.4, 0.5) is 0 Å². The summed E-state index contributed by atoms with van der Waals surface area (Å²) in [7, 11) is -2.76. The van der Waals surface area contributed by atoms with Gasteiger partial charge < -0.3 is 0 Å². The summed E-state index contributed by atoms with van der Waals surface area (Å²) in [5.74, 6) is 0.465. The van der Waals surface area contributed by atoms with E-state index in [0.717, 1.165) is 11.1 Å². The molecule has 0 bridgehead atoms. The van der Waals surface area contributed by atoms with Crippen LogP contribution in [0.5, 0.6) is 0 Å². The van der Waals surface area contributed by atoms with Crippen molar-refractivity contribution in [2.75, 3.05) is 0 Å². The maximum Gasteiger partial charge on any atom is 0.696 e. The first-order valence-electron chi connectivity index (χ1n) is 8.30. The van der Waals surface area contributed by atoms with Crippen LogP contribution in [0, 0.1) is 5.41 Å². The molecule has 0 aliphatic heterocycles. The van der Waals surface area contributed by atoms with E-state index in [0.29, 0.717) is 5.88 Å².